The fourth-order valence-corrected chi connectivity index (χ4v) is 2.52. The Labute approximate surface area is 146 Å². The van der Waals surface area contributed by atoms with Crippen LogP contribution in [0.15, 0.2) is 46.9 Å². The highest BCUT2D eigenvalue weighted by molar-refractivity contribution is 9.10. The van der Waals surface area contributed by atoms with Crippen LogP contribution in [-0.4, -0.2) is 12.0 Å². The molecule has 2 rings (SSSR count). The van der Waals surface area contributed by atoms with E-state index in [2.05, 4.69) is 35.1 Å². The predicted octanol–water partition coefficient (Wildman–Crippen LogP) is 5.29. The molecule has 0 aromatic heterocycles. The van der Waals surface area contributed by atoms with Gasteiger partial charge in [0.1, 0.15) is 5.75 Å². The van der Waals surface area contributed by atoms with Crippen molar-refractivity contribution in [1.82, 2.24) is 0 Å². The van der Waals surface area contributed by atoms with Gasteiger partial charge >= 0.3 is 0 Å². The number of amides is 1. The topological polar surface area (TPSA) is 38.3 Å². The molecule has 0 radical (unpaired) electrons. The van der Waals surface area contributed by atoms with Gasteiger partial charge in [-0.3, -0.25) is 4.79 Å². The zero-order valence-electron chi connectivity index (χ0n) is 13.9. The average molecular weight is 376 g/mol. The molecule has 3 nitrogen and oxygen atoms in total. The summed E-state index contributed by atoms with van der Waals surface area (Å²) in [6, 6.07) is 13.6. The summed E-state index contributed by atoms with van der Waals surface area (Å²) < 4.78 is 6.89. The molecule has 0 saturated carbocycles. The van der Waals surface area contributed by atoms with Crippen molar-refractivity contribution < 1.29 is 9.53 Å². The second kappa shape index (κ2) is 7.64. The fourth-order valence-electron chi connectivity index (χ4n) is 2.28. The minimum Gasteiger partial charge on any atom is -0.481 e. The Morgan fingerprint density at radius 2 is 1.83 bits per heavy atom. The summed E-state index contributed by atoms with van der Waals surface area (Å²) in [4.78, 5) is 12.3. The van der Waals surface area contributed by atoms with E-state index in [1.54, 1.807) is 6.92 Å². The standard InChI is InChI=1S/C19H22BrNO2/c1-12(2)16-7-5-6-8-18(16)23-14(4)19(22)21-15-9-10-17(20)13(3)11-15/h5-12,14H,1-4H3,(H,21,22). The molecule has 0 spiro atoms. The molecule has 0 bridgehead atoms. The average Bonchev–Trinajstić information content (AvgIpc) is 2.51. The summed E-state index contributed by atoms with van der Waals surface area (Å²) in [5.74, 6) is 0.943. The van der Waals surface area contributed by atoms with Crippen molar-refractivity contribution in [3.63, 3.8) is 0 Å². The lowest BCUT2D eigenvalue weighted by atomic mass is 10.0. The molecule has 0 aliphatic carbocycles. The van der Waals surface area contributed by atoms with E-state index in [0.29, 0.717) is 5.92 Å². The van der Waals surface area contributed by atoms with E-state index < -0.39 is 6.10 Å². The molecular weight excluding hydrogens is 354 g/mol. The van der Waals surface area contributed by atoms with Crippen LogP contribution in [0.1, 0.15) is 37.8 Å². The van der Waals surface area contributed by atoms with Crippen LogP contribution in [0.4, 0.5) is 5.69 Å². The Balaban J connectivity index is 2.07. The number of para-hydroxylation sites is 1. The third kappa shape index (κ3) is 4.58. The van der Waals surface area contributed by atoms with Crippen LogP contribution in [0.25, 0.3) is 0 Å². The second-order valence-electron chi connectivity index (χ2n) is 5.91. The molecule has 4 heteroatoms. The quantitative estimate of drug-likeness (QED) is 0.770. The number of carbonyl (C=O) groups excluding carboxylic acids is 1. The van der Waals surface area contributed by atoms with Crippen molar-refractivity contribution in [3.8, 4) is 5.75 Å². The second-order valence-corrected chi connectivity index (χ2v) is 6.76. The lowest BCUT2D eigenvalue weighted by Crippen LogP contribution is -2.30. The van der Waals surface area contributed by atoms with Crippen molar-refractivity contribution in [2.24, 2.45) is 0 Å². The number of hydrogen-bond acceptors (Lipinski definition) is 2. The molecule has 23 heavy (non-hydrogen) atoms. The minimum absolute atomic E-state index is 0.162. The minimum atomic E-state index is -0.571. The molecule has 1 unspecified atom stereocenters. The van der Waals surface area contributed by atoms with Gasteiger partial charge in [-0.05, 0) is 55.2 Å². The Morgan fingerprint density at radius 3 is 2.48 bits per heavy atom. The highest BCUT2D eigenvalue weighted by Gasteiger charge is 2.17. The predicted molar refractivity (Wildman–Crippen MR) is 98.1 cm³/mol. The molecular formula is C19H22BrNO2. The zero-order valence-corrected chi connectivity index (χ0v) is 15.5. The zero-order chi connectivity index (χ0) is 17.0. The molecule has 122 valence electrons. The summed E-state index contributed by atoms with van der Waals surface area (Å²) in [6.07, 6.45) is -0.571. The van der Waals surface area contributed by atoms with E-state index in [9.17, 15) is 4.79 Å². The number of anilines is 1. The summed E-state index contributed by atoms with van der Waals surface area (Å²) in [5.41, 5.74) is 2.94. The largest absolute Gasteiger partial charge is 0.481 e. The van der Waals surface area contributed by atoms with Crippen molar-refractivity contribution in [2.75, 3.05) is 5.32 Å². The lowest BCUT2D eigenvalue weighted by Gasteiger charge is -2.19. The van der Waals surface area contributed by atoms with E-state index in [1.165, 1.54) is 0 Å². The maximum atomic E-state index is 12.3. The number of benzene rings is 2. The number of aryl methyl sites for hydroxylation is 1. The van der Waals surface area contributed by atoms with Crippen LogP contribution in [0.5, 0.6) is 5.75 Å². The summed E-state index contributed by atoms with van der Waals surface area (Å²) in [5, 5.41) is 2.89. The Hall–Kier alpha value is -1.81. The van der Waals surface area contributed by atoms with Crippen molar-refractivity contribution in [1.29, 1.82) is 0 Å². The van der Waals surface area contributed by atoms with Gasteiger partial charge in [0, 0.05) is 10.2 Å². The fraction of sp³-hybridized carbons (Fsp3) is 0.316. The van der Waals surface area contributed by atoms with Gasteiger partial charge in [-0.1, -0.05) is 48.0 Å². The van der Waals surface area contributed by atoms with Gasteiger partial charge in [0.2, 0.25) is 0 Å². The number of rotatable bonds is 5. The van der Waals surface area contributed by atoms with Gasteiger partial charge in [-0.25, -0.2) is 0 Å². The normalized spacial score (nSPS) is 12.1. The third-order valence-electron chi connectivity index (χ3n) is 3.64. The third-order valence-corrected chi connectivity index (χ3v) is 4.53. The van der Waals surface area contributed by atoms with Crippen LogP contribution >= 0.6 is 15.9 Å². The first kappa shape index (κ1) is 17.5. The monoisotopic (exact) mass is 375 g/mol. The Bertz CT molecular complexity index is 698. The molecule has 1 amide bonds. The molecule has 1 N–H and O–H groups in total. The van der Waals surface area contributed by atoms with Crippen molar-refractivity contribution >= 4 is 27.5 Å². The van der Waals surface area contributed by atoms with Crippen LogP contribution in [0, 0.1) is 6.92 Å². The van der Waals surface area contributed by atoms with Gasteiger partial charge in [-0.15, -0.1) is 0 Å². The molecule has 1 atom stereocenters. The smallest absolute Gasteiger partial charge is 0.265 e. The maximum absolute atomic E-state index is 12.3. The van der Waals surface area contributed by atoms with Gasteiger partial charge in [0.15, 0.2) is 6.10 Å². The molecule has 0 aliphatic heterocycles. The number of nitrogens with one attached hydrogen (secondary N) is 1. The molecule has 0 heterocycles. The van der Waals surface area contributed by atoms with Crippen molar-refractivity contribution in [2.45, 2.75) is 39.7 Å². The molecule has 0 aliphatic rings. The van der Waals surface area contributed by atoms with E-state index in [1.807, 2.05) is 49.4 Å². The number of hydrogen-bond donors (Lipinski definition) is 1. The molecule has 2 aromatic carbocycles. The first-order valence-corrected chi connectivity index (χ1v) is 8.50. The number of carbonyl (C=O) groups is 1. The summed E-state index contributed by atoms with van der Waals surface area (Å²) >= 11 is 3.45. The highest BCUT2D eigenvalue weighted by Crippen LogP contribution is 2.27. The number of ether oxygens (including phenoxy) is 1. The first-order valence-electron chi connectivity index (χ1n) is 7.71. The first-order chi connectivity index (χ1) is 10.9. The molecule has 0 saturated heterocycles. The maximum Gasteiger partial charge on any atom is 0.265 e. The van der Waals surface area contributed by atoms with Crippen LogP contribution in [-0.2, 0) is 4.79 Å². The highest BCUT2D eigenvalue weighted by atomic mass is 79.9. The molecule has 2 aromatic rings. The van der Waals surface area contributed by atoms with Gasteiger partial charge in [-0.2, -0.15) is 0 Å². The van der Waals surface area contributed by atoms with E-state index in [4.69, 9.17) is 4.74 Å². The Kier molecular flexibility index (Phi) is 5.83. The van der Waals surface area contributed by atoms with Crippen LogP contribution in [0.2, 0.25) is 0 Å². The van der Waals surface area contributed by atoms with E-state index in [0.717, 1.165) is 27.0 Å². The SMILES string of the molecule is Cc1cc(NC(=O)C(C)Oc2ccccc2C(C)C)ccc1Br. The summed E-state index contributed by atoms with van der Waals surface area (Å²) in [6.45, 7) is 7.96. The molecule has 0 fully saturated rings. The van der Waals surface area contributed by atoms with E-state index >= 15 is 0 Å². The van der Waals surface area contributed by atoms with Crippen LogP contribution in [0.3, 0.4) is 0 Å². The van der Waals surface area contributed by atoms with E-state index in [-0.39, 0.29) is 5.91 Å². The van der Waals surface area contributed by atoms with Crippen LogP contribution < -0.4 is 10.1 Å². The summed E-state index contributed by atoms with van der Waals surface area (Å²) in [7, 11) is 0. The lowest BCUT2D eigenvalue weighted by molar-refractivity contribution is -0.122. The van der Waals surface area contributed by atoms with Crippen molar-refractivity contribution in [3.05, 3.63) is 58.1 Å². The van der Waals surface area contributed by atoms with Gasteiger partial charge in [0.05, 0.1) is 0 Å². The number of halogens is 1. The van der Waals surface area contributed by atoms with Gasteiger partial charge < -0.3 is 10.1 Å². The Morgan fingerprint density at radius 1 is 1.13 bits per heavy atom. The van der Waals surface area contributed by atoms with Gasteiger partial charge in [0.25, 0.3) is 5.91 Å².